The molecule has 0 aromatic carbocycles. The molecule has 0 amide bonds. The molecular weight excluding hydrogens is 280 g/mol. The van der Waals surface area contributed by atoms with Gasteiger partial charge in [-0.2, -0.15) is 0 Å². The first-order valence-electron chi connectivity index (χ1n) is 7.39. The normalized spacial score (nSPS) is 10.3. The zero-order valence-electron chi connectivity index (χ0n) is 13.1. The Kier molecular flexibility index (Phi) is 5.89. The highest BCUT2D eigenvalue weighted by atomic mass is 16.6. The number of rotatable bonds is 7. The maximum Gasteiger partial charge on any atom is 0.310 e. The van der Waals surface area contributed by atoms with Crippen LogP contribution < -0.4 is 14.1 Å². The highest BCUT2D eigenvalue weighted by Gasteiger charge is 2.08. The molecule has 22 heavy (non-hydrogen) atoms. The van der Waals surface area contributed by atoms with E-state index in [-0.39, 0.29) is 19.0 Å². The minimum atomic E-state index is -0.225. The third kappa shape index (κ3) is 4.84. The molecule has 2 aromatic rings. The third-order valence-corrected chi connectivity index (χ3v) is 3.27. The number of hydrogen-bond acceptors (Lipinski definition) is 3. The largest absolute Gasteiger partial charge is 0.461 e. The summed E-state index contributed by atoms with van der Waals surface area (Å²) < 4.78 is 8.96. The molecule has 0 aliphatic heterocycles. The van der Waals surface area contributed by atoms with E-state index in [0.717, 1.165) is 24.1 Å². The lowest BCUT2D eigenvalue weighted by molar-refractivity contribution is -0.885. The molecule has 0 saturated heterocycles. The van der Waals surface area contributed by atoms with Crippen molar-refractivity contribution in [2.75, 3.05) is 7.11 Å². The molecular formula is C17H22N2O3+2. The lowest BCUT2D eigenvalue weighted by Gasteiger charge is -2.04. The molecule has 0 saturated carbocycles. The summed E-state index contributed by atoms with van der Waals surface area (Å²) in [6.07, 6.45) is 8.91. The van der Waals surface area contributed by atoms with Crippen LogP contribution in [0.1, 0.15) is 24.5 Å². The Morgan fingerprint density at radius 2 is 1.68 bits per heavy atom. The summed E-state index contributed by atoms with van der Waals surface area (Å²) in [5.41, 5.74) is 1.89. The average molecular weight is 302 g/mol. The fourth-order valence-electron chi connectivity index (χ4n) is 2.06. The maximum atomic E-state index is 11.9. The molecule has 0 atom stereocenters. The zero-order valence-corrected chi connectivity index (χ0v) is 13.1. The van der Waals surface area contributed by atoms with Gasteiger partial charge in [-0.1, -0.05) is 6.92 Å². The maximum absolute atomic E-state index is 11.9. The molecule has 0 radical (unpaired) electrons. The summed E-state index contributed by atoms with van der Waals surface area (Å²) >= 11 is 0. The average Bonchev–Trinajstić information content (AvgIpc) is 2.55. The highest BCUT2D eigenvalue weighted by Crippen LogP contribution is 2.02. The first-order chi connectivity index (χ1) is 10.7. The summed E-state index contributed by atoms with van der Waals surface area (Å²) in [7, 11) is 1.59. The number of aromatic nitrogens is 2. The molecule has 0 aliphatic rings. The van der Waals surface area contributed by atoms with Crippen molar-refractivity contribution >= 4 is 5.97 Å². The van der Waals surface area contributed by atoms with Crippen LogP contribution in [0, 0.1) is 0 Å². The first kappa shape index (κ1) is 15.9. The quantitative estimate of drug-likeness (QED) is 0.566. The van der Waals surface area contributed by atoms with Crippen LogP contribution in [0.4, 0.5) is 0 Å². The molecule has 0 bridgehead atoms. The van der Waals surface area contributed by atoms with Crippen LogP contribution in [0.5, 0.6) is 0 Å². The number of carbonyl (C=O) groups excluding carboxylic acids is 1. The Balaban J connectivity index is 1.81. The fourth-order valence-corrected chi connectivity index (χ4v) is 2.06. The van der Waals surface area contributed by atoms with Gasteiger partial charge in [-0.15, -0.1) is 0 Å². The van der Waals surface area contributed by atoms with Gasteiger partial charge < -0.3 is 4.74 Å². The van der Waals surface area contributed by atoms with E-state index in [2.05, 4.69) is 11.5 Å². The second-order valence-corrected chi connectivity index (χ2v) is 5.03. The number of aryl methyl sites for hydroxylation is 1. The predicted molar refractivity (Wildman–Crippen MR) is 79.6 cm³/mol. The zero-order chi connectivity index (χ0) is 15.8. The van der Waals surface area contributed by atoms with E-state index in [9.17, 15) is 4.79 Å². The van der Waals surface area contributed by atoms with Crippen LogP contribution in [0.3, 0.4) is 0 Å². The van der Waals surface area contributed by atoms with Gasteiger partial charge in [-0.05, 0) is 5.56 Å². The molecule has 5 nitrogen and oxygen atoms in total. The molecule has 116 valence electrons. The molecule has 0 spiro atoms. The Bertz CT molecular complexity index is 594. The Morgan fingerprint density at radius 1 is 1.05 bits per heavy atom. The van der Waals surface area contributed by atoms with Crippen LogP contribution in [0.2, 0.25) is 0 Å². The molecule has 2 heterocycles. The standard InChI is InChI=1S/C17H22N2O3/c1-3-8-18-9-4-15(5-10-18)13-17(20)22-14-16-6-11-19(21-2)12-7-16/h4-7,9-12H,3,8,13-14H2,1-2H3/q+2. The second-order valence-electron chi connectivity index (χ2n) is 5.03. The van der Waals surface area contributed by atoms with Gasteiger partial charge in [0.1, 0.15) is 20.3 Å². The molecule has 5 heteroatoms. The number of hydrogen-bond donors (Lipinski definition) is 0. The monoisotopic (exact) mass is 302 g/mol. The summed E-state index contributed by atoms with van der Waals surface area (Å²) in [4.78, 5) is 16.9. The van der Waals surface area contributed by atoms with E-state index in [1.165, 1.54) is 0 Å². The van der Waals surface area contributed by atoms with Crippen LogP contribution >= 0.6 is 0 Å². The predicted octanol–water partition coefficient (Wildman–Crippen LogP) is 1.02. The van der Waals surface area contributed by atoms with E-state index in [0.29, 0.717) is 0 Å². The Morgan fingerprint density at radius 3 is 2.27 bits per heavy atom. The van der Waals surface area contributed by atoms with Crippen molar-refractivity contribution in [1.82, 2.24) is 0 Å². The molecule has 2 aromatic heterocycles. The van der Waals surface area contributed by atoms with E-state index in [4.69, 9.17) is 9.57 Å². The highest BCUT2D eigenvalue weighted by molar-refractivity contribution is 5.72. The van der Waals surface area contributed by atoms with Gasteiger partial charge in [0, 0.05) is 41.0 Å². The van der Waals surface area contributed by atoms with E-state index >= 15 is 0 Å². The van der Waals surface area contributed by atoms with Gasteiger partial charge in [-0.25, -0.2) is 4.57 Å². The van der Waals surface area contributed by atoms with Crippen LogP contribution in [-0.2, 0) is 29.1 Å². The van der Waals surface area contributed by atoms with Crippen LogP contribution in [-0.4, -0.2) is 13.1 Å². The number of ether oxygens (including phenoxy) is 1. The lowest BCUT2D eigenvalue weighted by atomic mass is 10.2. The number of nitrogens with zero attached hydrogens (tertiary/aromatic N) is 2. The van der Waals surface area contributed by atoms with Crippen molar-refractivity contribution in [2.45, 2.75) is 32.9 Å². The minimum Gasteiger partial charge on any atom is -0.461 e. The summed E-state index contributed by atoms with van der Waals surface area (Å²) in [5.74, 6) is -0.225. The minimum absolute atomic E-state index is 0.225. The topological polar surface area (TPSA) is 43.3 Å². The van der Waals surface area contributed by atoms with Gasteiger partial charge in [-0.3, -0.25) is 9.63 Å². The summed E-state index contributed by atoms with van der Waals surface area (Å²) in [5, 5.41) is 0. The van der Waals surface area contributed by atoms with E-state index in [1.54, 1.807) is 24.2 Å². The molecule has 0 unspecified atom stereocenters. The summed E-state index contributed by atoms with van der Waals surface area (Å²) in [6, 6.07) is 7.63. The number of esters is 1. The van der Waals surface area contributed by atoms with Crippen molar-refractivity contribution < 1.29 is 23.7 Å². The molecule has 0 fully saturated rings. The molecule has 2 rings (SSSR count). The van der Waals surface area contributed by atoms with Crippen LogP contribution in [0.15, 0.2) is 49.1 Å². The summed E-state index contributed by atoms with van der Waals surface area (Å²) in [6.45, 7) is 3.39. The van der Waals surface area contributed by atoms with E-state index < -0.39 is 0 Å². The number of carbonyl (C=O) groups is 1. The Hall–Kier alpha value is -2.43. The van der Waals surface area contributed by atoms with Crippen molar-refractivity contribution in [3.63, 3.8) is 0 Å². The van der Waals surface area contributed by atoms with Crippen molar-refractivity contribution in [2.24, 2.45) is 0 Å². The molecule has 0 aliphatic carbocycles. The Labute approximate surface area is 130 Å². The van der Waals surface area contributed by atoms with Crippen molar-refractivity contribution in [1.29, 1.82) is 0 Å². The SMILES string of the molecule is CCC[n+]1ccc(CC(=O)OCc2cc[n+](OC)cc2)cc1. The van der Waals surface area contributed by atoms with Crippen molar-refractivity contribution in [3.8, 4) is 0 Å². The van der Waals surface area contributed by atoms with Gasteiger partial charge in [0.2, 0.25) is 12.4 Å². The van der Waals surface area contributed by atoms with Crippen molar-refractivity contribution in [3.05, 3.63) is 60.2 Å². The lowest BCUT2D eigenvalue weighted by Crippen LogP contribution is -2.39. The number of pyridine rings is 2. The van der Waals surface area contributed by atoms with Crippen LogP contribution in [0.25, 0.3) is 0 Å². The van der Waals surface area contributed by atoms with E-state index in [1.807, 2.05) is 36.7 Å². The third-order valence-electron chi connectivity index (χ3n) is 3.27. The smallest absolute Gasteiger partial charge is 0.310 e. The van der Waals surface area contributed by atoms with Gasteiger partial charge in [0.15, 0.2) is 12.4 Å². The van der Waals surface area contributed by atoms with Gasteiger partial charge in [0.05, 0.1) is 6.42 Å². The van der Waals surface area contributed by atoms with Gasteiger partial charge >= 0.3 is 5.97 Å². The first-order valence-corrected chi connectivity index (χ1v) is 7.39. The second kappa shape index (κ2) is 8.12. The van der Waals surface area contributed by atoms with Gasteiger partial charge in [0.25, 0.3) is 0 Å². The fraction of sp³-hybridized carbons (Fsp3) is 0.353. The molecule has 0 N–H and O–H groups in total.